The molecule has 0 bridgehead atoms. The predicted octanol–water partition coefficient (Wildman–Crippen LogP) is 3.24. The minimum atomic E-state index is -0.675. The van der Waals surface area contributed by atoms with E-state index in [2.05, 4.69) is 10.3 Å². The number of amides is 1. The van der Waals surface area contributed by atoms with E-state index in [0.717, 1.165) is 11.1 Å². The number of benzene rings is 1. The summed E-state index contributed by atoms with van der Waals surface area (Å²) in [6.07, 6.45) is 3.40. The number of nitrogens with one attached hydrogen (secondary N) is 1. The second kappa shape index (κ2) is 6.34. The number of halogens is 1. The molecule has 2 atom stereocenters. The van der Waals surface area contributed by atoms with Crippen molar-refractivity contribution in [2.24, 2.45) is 0 Å². The zero-order chi connectivity index (χ0) is 13.7. The molecule has 0 radical (unpaired) electrons. The molecule has 1 heterocycles. The number of carbonyl (C=O) groups excluding carboxylic acids is 1. The fourth-order valence-corrected chi connectivity index (χ4v) is 2.00. The second-order valence-corrected chi connectivity index (χ2v) is 4.72. The highest BCUT2D eigenvalue weighted by molar-refractivity contribution is 6.30. The van der Waals surface area contributed by atoms with Crippen LogP contribution in [0.1, 0.15) is 29.5 Å². The van der Waals surface area contributed by atoms with Gasteiger partial charge in [-0.2, -0.15) is 0 Å². The van der Waals surface area contributed by atoms with E-state index in [1.807, 2.05) is 49.4 Å². The molecule has 1 amide bonds. The van der Waals surface area contributed by atoms with Gasteiger partial charge >= 0.3 is 0 Å². The minimum absolute atomic E-state index is 0.0968. The number of hydrogen-bond donors (Lipinski definition) is 1. The number of carbonyl (C=O) groups is 1. The standard InChI is InChI=1S/C15H15ClN2O/c1-11(12-7-9-17-10-8-12)18-15(19)14(16)13-5-3-2-4-6-13/h2-11,14H,1H3,(H,18,19). The van der Waals surface area contributed by atoms with Gasteiger partial charge in [0, 0.05) is 12.4 Å². The fraction of sp³-hybridized carbons (Fsp3) is 0.200. The van der Waals surface area contributed by atoms with Gasteiger partial charge in [0.25, 0.3) is 0 Å². The van der Waals surface area contributed by atoms with Crippen molar-refractivity contribution < 1.29 is 4.79 Å². The summed E-state index contributed by atoms with van der Waals surface area (Å²) in [4.78, 5) is 16.0. The average Bonchev–Trinajstić information content (AvgIpc) is 2.48. The van der Waals surface area contributed by atoms with E-state index in [1.165, 1.54) is 0 Å². The van der Waals surface area contributed by atoms with Gasteiger partial charge in [-0.3, -0.25) is 9.78 Å². The summed E-state index contributed by atoms with van der Waals surface area (Å²) in [6.45, 7) is 1.92. The lowest BCUT2D eigenvalue weighted by Crippen LogP contribution is -2.29. The lowest BCUT2D eigenvalue weighted by molar-refractivity contribution is -0.121. The van der Waals surface area contributed by atoms with Crippen molar-refractivity contribution in [3.8, 4) is 0 Å². The highest BCUT2D eigenvalue weighted by Gasteiger charge is 2.19. The molecule has 4 heteroatoms. The average molecular weight is 275 g/mol. The Morgan fingerprint density at radius 3 is 2.37 bits per heavy atom. The van der Waals surface area contributed by atoms with Crippen LogP contribution >= 0.6 is 11.6 Å². The Morgan fingerprint density at radius 2 is 1.74 bits per heavy atom. The van der Waals surface area contributed by atoms with Crippen LogP contribution in [-0.2, 0) is 4.79 Å². The molecule has 0 saturated carbocycles. The Kier molecular flexibility index (Phi) is 4.53. The highest BCUT2D eigenvalue weighted by atomic mass is 35.5. The van der Waals surface area contributed by atoms with Crippen molar-refractivity contribution in [2.45, 2.75) is 18.3 Å². The van der Waals surface area contributed by atoms with Crippen LogP contribution in [0.5, 0.6) is 0 Å². The highest BCUT2D eigenvalue weighted by Crippen LogP contribution is 2.21. The third-order valence-electron chi connectivity index (χ3n) is 2.89. The quantitative estimate of drug-likeness (QED) is 0.870. The van der Waals surface area contributed by atoms with Crippen molar-refractivity contribution in [3.63, 3.8) is 0 Å². The van der Waals surface area contributed by atoms with E-state index in [9.17, 15) is 4.79 Å². The van der Waals surface area contributed by atoms with Crippen LogP contribution in [0.15, 0.2) is 54.9 Å². The molecule has 0 saturated heterocycles. The van der Waals surface area contributed by atoms with Gasteiger partial charge < -0.3 is 5.32 Å². The molecule has 2 unspecified atom stereocenters. The monoisotopic (exact) mass is 274 g/mol. The van der Waals surface area contributed by atoms with Crippen molar-refractivity contribution in [3.05, 3.63) is 66.0 Å². The molecular formula is C15H15ClN2O. The molecule has 1 aromatic carbocycles. The number of aromatic nitrogens is 1. The number of nitrogens with zero attached hydrogens (tertiary/aromatic N) is 1. The Balaban J connectivity index is 2.02. The van der Waals surface area contributed by atoms with E-state index < -0.39 is 5.38 Å². The van der Waals surface area contributed by atoms with E-state index in [1.54, 1.807) is 12.4 Å². The zero-order valence-corrected chi connectivity index (χ0v) is 11.3. The first-order valence-corrected chi connectivity index (χ1v) is 6.51. The SMILES string of the molecule is CC(NC(=O)C(Cl)c1ccccc1)c1ccncc1. The second-order valence-electron chi connectivity index (χ2n) is 4.28. The topological polar surface area (TPSA) is 42.0 Å². The number of hydrogen-bond acceptors (Lipinski definition) is 2. The third-order valence-corrected chi connectivity index (χ3v) is 3.34. The molecule has 0 fully saturated rings. The summed E-state index contributed by atoms with van der Waals surface area (Å²) in [7, 11) is 0. The molecule has 3 nitrogen and oxygen atoms in total. The normalized spacial score (nSPS) is 13.6. The van der Waals surface area contributed by atoms with Crippen LogP contribution in [0.25, 0.3) is 0 Å². The summed E-state index contributed by atoms with van der Waals surface area (Å²) < 4.78 is 0. The van der Waals surface area contributed by atoms with Crippen LogP contribution in [0, 0.1) is 0 Å². The van der Waals surface area contributed by atoms with Crippen LogP contribution in [0.3, 0.4) is 0 Å². The first-order valence-electron chi connectivity index (χ1n) is 6.08. The van der Waals surface area contributed by atoms with Crippen molar-refractivity contribution >= 4 is 17.5 Å². The van der Waals surface area contributed by atoms with Crippen molar-refractivity contribution in [2.75, 3.05) is 0 Å². The molecule has 1 N–H and O–H groups in total. The molecule has 1 aromatic heterocycles. The number of pyridine rings is 1. The maximum atomic E-state index is 12.1. The van der Waals surface area contributed by atoms with Gasteiger partial charge in [-0.05, 0) is 30.2 Å². The Hall–Kier alpha value is -1.87. The van der Waals surface area contributed by atoms with E-state index in [4.69, 9.17) is 11.6 Å². The Bertz CT molecular complexity index is 530. The minimum Gasteiger partial charge on any atom is -0.348 e. The third kappa shape index (κ3) is 3.55. The Labute approximate surface area is 117 Å². The summed E-state index contributed by atoms with van der Waals surface area (Å²) in [5.74, 6) is -0.197. The van der Waals surface area contributed by atoms with Gasteiger partial charge in [-0.25, -0.2) is 0 Å². The lowest BCUT2D eigenvalue weighted by Gasteiger charge is -2.17. The molecule has 0 aliphatic rings. The van der Waals surface area contributed by atoms with Crippen LogP contribution in [-0.4, -0.2) is 10.9 Å². The summed E-state index contributed by atoms with van der Waals surface area (Å²) in [5, 5.41) is 2.22. The maximum absolute atomic E-state index is 12.1. The smallest absolute Gasteiger partial charge is 0.243 e. The van der Waals surface area contributed by atoms with E-state index >= 15 is 0 Å². The van der Waals surface area contributed by atoms with Crippen molar-refractivity contribution in [1.82, 2.24) is 10.3 Å². The summed E-state index contributed by atoms with van der Waals surface area (Å²) in [5.41, 5.74) is 1.80. The molecule has 2 aromatic rings. The van der Waals surface area contributed by atoms with Gasteiger partial charge in [0.05, 0.1) is 6.04 Å². The van der Waals surface area contributed by atoms with Gasteiger partial charge in [0.2, 0.25) is 5.91 Å². The number of alkyl halides is 1. The van der Waals surface area contributed by atoms with E-state index in [-0.39, 0.29) is 11.9 Å². The summed E-state index contributed by atoms with van der Waals surface area (Å²) in [6, 6.07) is 13.0. The van der Waals surface area contributed by atoms with Crippen LogP contribution in [0.4, 0.5) is 0 Å². The fourth-order valence-electron chi connectivity index (χ4n) is 1.80. The summed E-state index contributed by atoms with van der Waals surface area (Å²) >= 11 is 6.16. The zero-order valence-electron chi connectivity index (χ0n) is 10.6. The predicted molar refractivity (Wildman–Crippen MR) is 75.8 cm³/mol. The van der Waals surface area contributed by atoms with Gasteiger partial charge in [-0.15, -0.1) is 11.6 Å². The van der Waals surface area contributed by atoms with Crippen LogP contribution in [0.2, 0.25) is 0 Å². The van der Waals surface area contributed by atoms with E-state index in [0.29, 0.717) is 0 Å². The molecule has 0 aliphatic carbocycles. The van der Waals surface area contributed by atoms with Crippen LogP contribution < -0.4 is 5.32 Å². The Morgan fingerprint density at radius 1 is 1.11 bits per heavy atom. The molecule has 0 aliphatic heterocycles. The first-order chi connectivity index (χ1) is 9.18. The molecule has 98 valence electrons. The van der Waals surface area contributed by atoms with Crippen molar-refractivity contribution in [1.29, 1.82) is 0 Å². The van der Waals surface area contributed by atoms with Gasteiger partial charge in [0.15, 0.2) is 0 Å². The molecule has 0 spiro atoms. The number of rotatable bonds is 4. The lowest BCUT2D eigenvalue weighted by atomic mass is 10.1. The molecule has 19 heavy (non-hydrogen) atoms. The first kappa shape index (κ1) is 13.6. The molecule has 2 rings (SSSR count). The van der Waals surface area contributed by atoms with Gasteiger partial charge in [-0.1, -0.05) is 30.3 Å². The molecular weight excluding hydrogens is 260 g/mol. The maximum Gasteiger partial charge on any atom is 0.243 e. The van der Waals surface area contributed by atoms with Gasteiger partial charge in [0.1, 0.15) is 5.38 Å². The largest absolute Gasteiger partial charge is 0.348 e.